The van der Waals surface area contributed by atoms with Gasteiger partial charge in [-0.1, -0.05) is 22.9 Å². The minimum atomic E-state index is -4.76. The van der Waals surface area contributed by atoms with E-state index >= 15 is 0 Å². The molecule has 1 atom stereocenters. The Morgan fingerprint density at radius 1 is 1.47 bits per heavy atom. The Morgan fingerprint density at radius 3 is 2.58 bits per heavy atom. The lowest BCUT2D eigenvalue weighted by molar-refractivity contribution is -0.190. The average Bonchev–Trinajstić information content (AvgIpc) is 2.28. The molecule has 2 N–H and O–H groups in total. The molecule has 0 radical (unpaired) electrons. The van der Waals surface area contributed by atoms with Crippen molar-refractivity contribution >= 4 is 27.6 Å². The molecule has 0 aliphatic rings. The maximum atomic E-state index is 12.5. The highest BCUT2D eigenvalue weighted by Crippen LogP contribution is 2.28. The van der Waals surface area contributed by atoms with Gasteiger partial charge in [0.15, 0.2) is 5.92 Å². The van der Waals surface area contributed by atoms with E-state index < -0.39 is 24.6 Å². The zero-order valence-electron chi connectivity index (χ0n) is 10.1. The second kappa shape index (κ2) is 6.27. The van der Waals surface area contributed by atoms with E-state index in [1.165, 1.54) is 0 Å². The highest BCUT2D eigenvalue weighted by atomic mass is 79.9. The van der Waals surface area contributed by atoms with Crippen molar-refractivity contribution in [2.75, 3.05) is 11.9 Å². The van der Waals surface area contributed by atoms with Crippen molar-refractivity contribution in [2.24, 2.45) is 5.92 Å². The van der Waals surface area contributed by atoms with Crippen LogP contribution in [0.5, 0.6) is 0 Å². The molecule has 0 saturated heterocycles. The van der Waals surface area contributed by atoms with Gasteiger partial charge in [-0.3, -0.25) is 4.79 Å². The molecule has 1 unspecified atom stereocenters. The first kappa shape index (κ1) is 15.8. The second-order valence-corrected chi connectivity index (χ2v) is 4.88. The average molecular weight is 340 g/mol. The van der Waals surface area contributed by atoms with Crippen molar-refractivity contribution in [3.8, 4) is 0 Å². The Labute approximate surface area is 116 Å². The lowest BCUT2D eigenvalue weighted by atomic mass is 10.1. The summed E-state index contributed by atoms with van der Waals surface area (Å²) in [7, 11) is 0. The van der Waals surface area contributed by atoms with Crippen molar-refractivity contribution in [3.63, 3.8) is 0 Å². The molecule has 0 aromatic heterocycles. The molecular weight excluding hydrogens is 327 g/mol. The van der Waals surface area contributed by atoms with Crippen LogP contribution in [0, 0.1) is 5.92 Å². The molecule has 1 aromatic rings. The number of halogens is 4. The van der Waals surface area contributed by atoms with E-state index in [2.05, 4.69) is 21.2 Å². The lowest BCUT2D eigenvalue weighted by Gasteiger charge is -2.18. The van der Waals surface area contributed by atoms with Gasteiger partial charge in [-0.25, -0.2) is 0 Å². The number of aryl methyl sites for hydroxylation is 1. The van der Waals surface area contributed by atoms with Crippen LogP contribution in [0.25, 0.3) is 0 Å². The first-order valence-electron chi connectivity index (χ1n) is 5.57. The van der Waals surface area contributed by atoms with Crippen LogP contribution in [-0.2, 0) is 11.2 Å². The Kier molecular flexibility index (Phi) is 5.22. The maximum absolute atomic E-state index is 12.5. The highest BCUT2D eigenvalue weighted by molar-refractivity contribution is 9.10. The predicted molar refractivity (Wildman–Crippen MR) is 69.2 cm³/mol. The fraction of sp³-hybridized carbons (Fsp3) is 0.417. The molecule has 0 bridgehead atoms. The molecule has 0 aliphatic carbocycles. The third-order valence-electron chi connectivity index (χ3n) is 2.64. The fourth-order valence-electron chi connectivity index (χ4n) is 1.58. The number of alkyl halides is 3. The first-order valence-corrected chi connectivity index (χ1v) is 6.36. The van der Waals surface area contributed by atoms with Crippen LogP contribution in [0.2, 0.25) is 0 Å². The SMILES string of the molecule is CCc1cc(Br)ccc1NCC(C(=O)O)C(F)(F)F. The summed E-state index contributed by atoms with van der Waals surface area (Å²) in [6.07, 6.45) is -4.13. The molecule has 106 valence electrons. The standard InChI is InChI=1S/C12H13BrF3NO2/c1-2-7-5-8(13)3-4-10(7)17-6-9(11(18)19)12(14,15)16/h3-5,9,17H,2,6H2,1H3,(H,18,19). The maximum Gasteiger partial charge on any atom is 0.403 e. The van der Waals surface area contributed by atoms with Gasteiger partial charge >= 0.3 is 12.1 Å². The number of hydrogen-bond donors (Lipinski definition) is 2. The van der Waals surface area contributed by atoms with E-state index in [1.807, 2.05) is 6.92 Å². The van der Waals surface area contributed by atoms with Crippen molar-refractivity contribution in [3.05, 3.63) is 28.2 Å². The van der Waals surface area contributed by atoms with Crippen molar-refractivity contribution in [1.82, 2.24) is 0 Å². The number of aliphatic carboxylic acids is 1. The molecule has 7 heteroatoms. The summed E-state index contributed by atoms with van der Waals surface area (Å²) in [4.78, 5) is 10.6. The van der Waals surface area contributed by atoms with E-state index in [0.717, 1.165) is 10.0 Å². The van der Waals surface area contributed by atoms with Gasteiger partial charge in [0.25, 0.3) is 0 Å². The number of hydrogen-bond acceptors (Lipinski definition) is 2. The van der Waals surface area contributed by atoms with Crippen LogP contribution in [0.3, 0.4) is 0 Å². The van der Waals surface area contributed by atoms with Crippen LogP contribution in [0.15, 0.2) is 22.7 Å². The van der Waals surface area contributed by atoms with Gasteiger partial charge in [0.2, 0.25) is 0 Å². The van der Waals surface area contributed by atoms with Crippen LogP contribution >= 0.6 is 15.9 Å². The minimum absolute atomic E-state index is 0.515. The number of nitrogens with one attached hydrogen (secondary N) is 1. The fourth-order valence-corrected chi connectivity index (χ4v) is 1.99. The van der Waals surface area contributed by atoms with Gasteiger partial charge < -0.3 is 10.4 Å². The zero-order chi connectivity index (χ0) is 14.6. The van der Waals surface area contributed by atoms with Gasteiger partial charge in [0, 0.05) is 16.7 Å². The number of anilines is 1. The quantitative estimate of drug-likeness (QED) is 0.860. The third kappa shape index (κ3) is 4.41. The molecule has 0 heterocycles. The van der Waals surface area contributed by atoms with E-state index in [0.29, 0.717) is 12.1 Å². The van der Waals surface area contributed by atoms with Gasteiger partial charge in [0.1, 0.15) is 0 Å². The van der Waals surface area contributed by atoms with E-state index in [9.17, 15) is 18.0 Å². The number of benzene rings is 1. The molecule has 0 spiro atoms. The van der Waals surface area contributed by atoms with Gasteiger partial charge in [-0.2, -0.15) is 13.2 Å². The Balaban J connectivity index is 2.83. The van der Waals surface area contributed by atoms with Crippen molar-refractivity contribution < 1.29 is 23.1 Å². The molecule has 0 fully saturated rings. The number of carboxylic acids is 1. The Hall–Kier alpha value is -1.24. The highest BCUT2D eigenvalue weighted by Gasteiger charge is 2.44. The summed E-state index contributed by atoms with van der Waals surface area (Å²) in [5.74, 6) is -4.30. The van der Waals surface area contributed by atoms with Crippen LogP contribution in [0.1, 0.15) is 12.5 Å². The molecule has 3 nitrogen and oxygen atoms in total. The topological polar surface area (TPSA) is 49.3 Å². The summed E-state index contributed by atoms with van der Waals surface area (Å²) in [6, 6.07) is 5.09. The molecule has 1 rings (SSSR count). The number of carbonyl (C=O) groups is 1. The molecule has 0 amide bonds. The molecular formula is C12H13BrF3NO2. The predicted octanol–water partition coefficient (Wildman–Crippen LogP) is 3.69. The summed E-state index contributed by atoms with van der Waals surface area (Å²) >= 11 is 3.27. The lowest BCUT2D eigenvalue weighted by Crippen LogP contribution is -2.36. The third-order valence-corrected chi connectivity index (χ3v) is 3.13. The van der Waals surface area contributed by atoms with E-state index in [-0.39, 0.29) is 0 Å². The van der Waals surface area contributed by atoms with E-state index in [4.69, 9.17) is 5.11 Å². The molecule has 1 aromatic carbocycles. The van der Waals surface area contributed by atoms with Crippen molar-refractivity contribution in [2.45, 2.75) is 19.5 Å². The monoisotopic (exact) mass is 339 g/mol. The summed E-state index contributed by atoms with van der Waals surface area (Å²) in [5, 5.41) is 11.1. The number of rotatable bonds is 5. The molecule has 19 heavy (non-hydrogen) atoms. The zero-order valence-corrected chi connectivity index (χ0v) is 11.7. The van der Waals surface area contributed by atoms with Gasteiger partial charge in [-0.05, 0) is 30.2 Å². The van der Waals surface area contributed by atoms with E-state index in [1.54, 1.807) is 18.2 Å². The second-order valence-electron chi connectivity index (χ2n) is 3.97. The molecule has 0 saturated carbocycles. The minimum Gasteiger partial charge on any atom is -0.481 e. The summed E-state index contributed by atoms with van der Waals surface area (Å²) < 4.78 is 38.3. The smallest absolute Gasteiger partial charge is 0.403 e. The van der Waals surface area contributed by atoms with Crippen LogP contribution < -0.4 is 5.32 Å². The largest absolute Gasteiger partial charge is 0.481 e. The van der Waals surface area contributed by atoms with Crippen molar-refractivity contribution in [1.29, 1.82) is 0 Å². The van der Waals surface area contributed by atoms with Crippen LogP contribution in [0.4, 0.5) is 18.9 Å². The Morgan fingerprint density at radius 2 is 2.11 bits per heavy atom. The Bertz CT molecular complexity index is 463. The first-order chi connectivity index (χ1) is 8.75. The summed E-state index contributed by atoms with van der Waals surface area (Å²) in [6.45, 7) is 1.18. The van der Waals surface area contributed by atoms with Gasteiger partial charge in [0.05, 0.1) is 0 Å². The van der Waals surface area contributed by atoms with Crippen LogP contribution in [-0.4, -0.2) is 23.8 Å². The number of carboxylic acid groups (broad SMARTS) is 1. The normalized spacial score (nSPS) is 13.1. The molecule has 0 aliphatic heterocycles. The van der Waals surface area contributed by atoms with Gasteiger partial charge in [-0.15, -0.1) is 0 Å². The summed E-state index contributed by atoms with van der Waals surface area (Å²) in [5.41, 5.74) is 1.34.